The SMILES string of the molecule is O=C1N[C@H]2[C@H](CS[C@H]2CCCCC(=O)N2CCOC(c3ccccc3)C2)N1. The molecule has 2 N–H and O–H groups in total. The molecular weight excluding hydrogens is 362 g/mol. The lowest BCUT2D eigenvalue weighted by molar-refractivity contribution is -0.139. The number of nitrogens with one attached hydrogen (secondary N) is 2. The van der Waals surface area contributed by atoms with E-state index in [0.29, 0.717) is 31.4 Å². The Morgan fingerprint density at radius 3 is 2.93 bits per heavy atom. The van der Waals surface area contributed by atoms with Gasteiger partial charge in [0.05, 0.1) is 25.2 Å². The molecule has 1 unspecified atom stereocenters. The molecule has 0 aliphatic carbocycles. The van der Waals surface area contributed by atoms with Crippen molar-refractivity contribution in [1.29, 1.82) is 0 Å². The lowest BCUT2D eigenvalue weighted by atomic mass is 10.0. The van der Waals surface area contributed by atoms with Crippen LogP contribution >= 0.6 is 11.8 Å². The molecule has 27 heavy (non-hydrogen) atoms. The Kier molecular flexibility index (Phi) is 5.88. The van der Waals surface area contributed by atoms with Gasteiger partial charge in [-0.2, -0.15) is 11.8 Å². The third-order valence-electron chi connectivity index (χ3n) is 5.66. The highest BCUT2D eigenvalue weighted by atomic mass is 32.2. The number of amides is 3. The van der Waals surface area contributed by atoms with Gasteiger partial charge in [0.1, 0.15) is 6.10 Å². The van der Waals surface area contributed by atoms with Gasteiger partial charge in [0.25, 0.3) is 0 Å². The summed E-state index contributed by atoms with van der Waals surface area (Å²) in [6.45, 7) is 1.92. The Morgan fingerprint density at radius 2 is 2.07 bits per heavy atom. The Bertz CT molecular complexity index is 672. The van der Waals surface area contributed by atoms with Crippen molar-refractivity contribution in [3.63, 3.8) is 0 Å². The van der Waals surface area contributed by atoms with Crippen LogP contribution in [0.15, 0.2) is 30.3 Å². The summed E-state index contributed by atoms with van der Waals surface area (Å²) < 4.78 is 5.85. The zero-order chi connectivity index (χ0) is 18.6. The number of morpholine rings is 1. The molecule has 3 fully saturated rings. The predicted octanol–water partition coefficient (Wildman–Crippen LogP) is 2.31. The van der Waals surface area contributed by atoms with E-state index in [1.807, 2.05) is 34.9 Å². The molecule has 0 radical (unpaired) electrons. The number of rotatable bonds is 6. The molecule has 3 saturated heterocycles. The van der Waals surface area contributed by atoms with Crippen molar-refractivity contribution in [3.8, 4) is 0 Å². The van der Waals surface area contributed by atoms with Gasteiger partial charge in [-0.05, 0) is 18.4 Å². The number of urea groups is 1. The van der Waals surface area contributed by atoms with Crippen molar-refractivity contribution in [1.82, 2.24) is 15.5 Å². The van der Waals surface area contributed by atoms with E-state index in [2.05, 4.69) is 22.8 Å². The van der Waals surface area contributed by atoms with Crippen LogP contribution in [0.3, 0.4) is 0 Å². The van der Waals surface area contributed by atoms with Crippen LogP contribution < -0.4 is 10.6 Å². The van der Waals surface area contributed by atoms with E-state index in [9.17, 15) is 9.59 Å². The molecule has 6 nitrogen and oxygen atoms in total. The molecule has 3 amide bonds. The number of hydrogen-bond donors (Lipinski definition) is 2. The van der Waals surface area contributed by atoms with Crippen LogP contribution in [-0.4, -0.2) is 59.6 Å². The van der Waals surface area contributed by atoms with Gasteiger partial charge in [-0.25, -0.2) is 4.79 Å². The molecule has 3 aliphatic rings. The maximum Gasteiger partial charge on any atom is 0.315 e. The quantitative estimate of drug-likeness (QED) is 0.579. The lowest BCUT2D eigenvalue weighted by Crippen LogP contribution is -2.42. The Morgan fingerprint density at radius 1 is 1.22 bits per heavy atom. The van der Waals surface area contributed by atoms with Gasteiger partial charge in [-0.3, -0.25) is 4.79 Å². The monoisotopic (exact) mass is 389 g/mol. The summed E-state index contributed by atoms with van der Waals surface area (Å²) in [5, 5.41) is 6.47. The van der Waals surface area contributed by atoms with Crippen LogP contribution in [0.5, 0.6) is 0 Å². The standard InChI is InChI=1S/C20H27N3O3S/c24-18(23-10-11-26-16(12-23)14-6-2-1-3-7-14)9-5-4-8-17-19-15(13-27-17)21-20(25)22-19/h1-3,6-7,15-17,19H,4-5,8-13H2,(H2,21,22,25)/t15-,16?,17-,19-/m0/s1. The summed E-state index contributed by atoms with van der Waals surface area (Å²) >= 11 is 1.93. The maximum absolute atomic E-state index is 12.6. The van der Waals surface area contributed by atoms with Crippen LogP contribution in [0.25, 0.3) is 0 Å². The van der Waals surface area contributed by atoms with E-state index in [1.54, 1.807) is 0 Å². The molecule has 0 saturated carbocycles. The van der Waals surface area contributed by atoms with Gasteiger partial charge in [-0.1, -0.05) is 36.8 Å². The summed E-state index contributed by atoms with van der Waals surface area (Å²) in [4.78, 5) is 26.0. The average molecular weight is 390 g/mol. The highest BCUT2D eigenvalue weighted by Gasteiger charge is 2.42. The number of carbonyl (C=O) groups excluding carboxylic acids is 2. The molecule has 0 spiro atoms. The number of ether oxygens (including phenoxy) is 1. The molecule has 4 atom stereocenters. The summed E-state index contributed by atoms with van der Waals surface area (Å²) in [6, 6.07) is 10.6. The third-order valence-corrected chi connectivity index (χ3v) is 7.17. The summed E-state index contributed by atoms with van der Waals surface area (Å²) in [7, 11) is 0. The van der Waals surface area contributed by atoms with Crippen LogP contribution in [-0.2, 0) is 9.53 Å². The van der Waals surface area contributed by atoms with E-state index in [0.717, 1.165) is 30.6 Å². The van der Waals surface area contributed by atoms with Crippen molar-refractivity contribution in [3.05, 3.63) is 35.9 Å². The fourth-order valence-electron chi connectivity index (χ4n) is 4.17. The van der Waals surface area contributed by atoms with Crippen LogP contribution in [0, 0.1) is 0 Å². The van der Waals surface area contributed by atoms with Gasteiger partial charge in [-0.15, -0.1) is 0 Å². The number of carbonyl (C=O) groups is 2. The van der Waals surface area contributed by atoms with Crippen LogP contribution in [0.4, 0.5) is 4.79 Å². The molecular formula is C20H27N3O3S. The minimum atomic E-state index is -0.0363. The molecule has 0 bridgehead atoms. The highest BCUT2D eigenvalue weighted by Crippen LogP contribution is 2.33. The van der Waals surface area contributed by atoms with Gasteiger partial charge >= 0.3 is 6.03 Å². The van der Waals surface area contributed by atoms with Gasteiger partial charge in [0.2, 0.25) is 5.91 Å². The van der Waals surface area contributed by atoms with Crippen LogP contribution in [0.2, 0.25) is 0 Å². The fraction of sp³-hybridized carbons (Fsp3) is 0.600. The van der Waals surface area contributed by atoms with Crippen LogP contribution in [0.1, 0.15) is 37.4 Å². The number of thioether (sulfide) groups is 1. The van der Waals surface area contributed by atoms with Crippen molar-refractivity contribution in [2.75, 3.05) is 25.4 Å². The molecule has 3 heterocycles. The normalized spacial score (nSPS) is 29.9. The Labute approximate surface area is 164 Å². The Balaban J connectivity index is 1.19. The molecule has 146 valence electrons. The van der Waals surface area contributed by atoms with Crippen molar-refractivity contribution >= 4 is 23.7 Å². The summed E-state index contributed by atoms with van der Waals surface area (Å²) in [6.07, 6.45) is 3.56. The van der Waals surface area contributed by atoms with Crippen molar-refractivity contribution in [2.24, 2.45) is 0 Å². The van der Waals surface area contributed by atoms with Crippen molar-refractivity contribution in [2.45, 2.75) is 49.1 Å². The number of hydrogen-bond acceptors (Lipinski definition) is 4. The number of fused-ring (bicyclic) bond motifs is 1. The molecule has 7 heteroatoms. The van der Waals surface area contributed by atoms with Gasteiger partial charge < -0.3 is 20.3 Å². The van der Waals surface area contributed by atoms with E-state index >= 15 is 0 Å². The highest BCUT2D eigenvalue weighted by molar-refractivity contribution is 8.00. The van der Waals surface area contributed by atoms with E-state index < -0.39 is 0 Å². The largest absolute Gasteiger partial charge is 0.370 e. The molecule has 0 aromatic heterocycles. The number of unbranched alkanes of at least 4 members (excludes halogenated alkanes) is 1. The first-order valence-corrected chi connectivity index (χ1v) is 10.9. The predicted molar refractivity (Wildman–Crippen MR) is 106 cm³/mol. The second kappa shape index (κ2) is 8.52. The molecule has 3 aliphatic heterocycles. The van der Waals surface area contributed by atoms with E-state index in [-0.39, 0.29) is 30.1 Å². The molecule has 1 aromatic rings. The zero-order valence-corrected chi connectivity index (χ0v) is 16.2. The lowest BCUT2D eigenvalue weighted by Gasteiger charge is -2.33. The second-order valence-electron chi connectivity index (χ2n) is 7.48. The first kappa shape index (κ1) is 18.6. The summed E-state index contributed by atoms with van der Waals surface area (Å²) in [5.74, 6) is 1.22. The maximum atomic E-state index is 12.6. The van der Waals surface area contributed by atoms with Crippen molar-refractivity contribution < 1.29 is 14.3 Å². The first-order chi connectivity index (χ1) is 13.2. The van der Waals surface area contributed by atoms with E-state index in [1.165, 1.54) is 0 Å². The van der Waals surface area contributed by atoms with E-state index in [4.69, 9.17) is 4.74 Å². The third kappa shape index (κ3) is 4.41. The summed E-state index contributed by atoms with van der Waals surface area (Å²) in [5.41, 5.74) is 1.13. The van der Waals surface area contributed by atoms with Gasteiger partial charge in [0.15, 0.2) is 0 Å². The fourth-order valence-corrected chi connectivity index (χ4v) is 5.71. The minimum absolute atomic E-state index is 0.0193. The number of nitrogens with zero attached hydrogens (tertiary/aromatic N) is 1. The average Bonchev–Trinajstić information content (AvgIpc) is 3.25. The minimum Gasteiger partial charge on any atom is -0.370 e. The number of benzene rings is 1. The topological polar surface area (TPSA) is 70.7 Å². The zero-order valence-electron chi connectivity index (χ0n) is 15.4. The second-order valence-corrected chi connectivity index (χ2v) is 8.75. The smallest absolute Gasteiger partial charge is 0.315 e. The van der Waals surface area contributed by atoms with Gasteiger partial charge in [0, 0.05) is 24.0 Å². The first-order valence-electron chi connectivity index (χ1n) is 9.83. The molecule has 1 aromatic carbocycles. The molecule has 4 rings (SSSR count). The Hall–Kier alpha value is -1.73.